The highest BCUT2D eigenvalue weighted by molar-refractivity contribution is 5.99. The summed E-state index contributed by atoms with van der Waals surface area (Å²) in [5.74, 6) is -0.0685. The average molecular weight is 275 g/mol. The molecule has 20 heavy (non-hydrogen) atoms. The molecule has 2 rings (SSSR count). The van der Waals surface area contributed by atoms with Crippen LogP contribution in [-0.2, 0) is 0 Å². The number of nitrogens with one attached hydrogen (secondary N) is 1. The number of nitrogens with zero attached hydrogens (tertiary/aromatic N) is 1. The molecule has 0 spiro atoms. The van der Waals surface area contributed by atoms with Crippen LogP contribution in [0.4, 0.5) is 5.69 Å². The summed E-state index contributed by atoms with van der Waals surface area (Å²) in [5.41, 5.74) is 8.06. The van der Waals surface area contributed by atoms with Crippen molar-refractivity contribution in [2.24, 2.45) is 0 Å². The number of nitrogen functional groups attached to an aromatic ring is 1. The second kappa shape index (κ2) is 7.29. The summed E-state index contributed by atoms with van der Waals surface area (Å²) in [5, 5.41) is 2.97. The number of para-hydroxylation sites is 1. The molecule has 4 heteroatoms. The molecule has 1 aromatic carbocycles. The van der Waals surface area contributed by atoms with Crippen LogP contribution in [0.3, 0.4) is 0 Å². The number of likely N-dealkylation sites (tertiary alicyclic amines) is 1. The van der Waals surface area contributed by atoms with Crippen LogP contribution in [0.15, 0.2) is 18.2 Å². The Morgan fingerprint density at radius 2 is 1.95 bits per heavy atom. The Morgan fingerprint density at radius 1 is 1.25 bits per heavy atom. The second-order valence-electron chi connectivity index (χ2n) is 5.55. The van der Waals surface area contributed by atoms with Gasteiger partial charge in [0.25, 0.3) is 5.91 Å². The standard InChI is InChI=1S/C16H25N3O/c1-13-7-6-8-14(15(13)17)16(20)18-9-12-19-10-4-2-3-5-11-19/h6-8H,2-5,9-12,17H2,1H3,(H,18,20). The molecule has 0 atom stereocenters. The minimum absolute atomic E-state index is 0.0685. The van der Waals surface area contributed by atoms with Gasteiger partial charge in [-0.3, -0.25) is 4.79 Å². The molecule has 0 bridgehead atoms. The van der Waals surface area contributed by atoms with Gasteiger partial charge in [-0.1, -0.05) is 25.0 Å². The predicted octanol–water partition coefficient (Wildman–Crippen LogP) is 2.18. The molecule has 1 saturated heterocycles. The third-order valence-corrected chi connectivity index (χ3v) is 3.98. The van der Waals surface area contributed by atoms with E-state index in [9.17, 15) is 4.79 Å². The summed E-state index contributed by atoms with van der Waals surface area (Å²) in [6.07, 6.45) is 5.23. The van der Waals surface area contributed by atoms with Crippen molar-refractivity contribution in [3.8, 4) is 0 Å². The van der Waals surface area contributed by atoms with Gasteiger partial charge in [0.1, 0.15) is 0 Å². The van der Waals surface area contributed by atoms with Crippen LogP contribution in [0.1, 0.15) is 41.6 Å². The Labute approximate surface area is 121 Å². The summed E-state index contributed by atoms with van der Waals surface area (Å²) in [4.78, 5) is 14.6. The molecule has 0 aliphatic carbocycles. The quantitative estimate of drug-likeness (QED) is 0.828. The van der Waals surface area contributed by atoms with Gasteiger partial charge in [-0.25, -0.2) is 0 Å². The molecular formula is C16H25N3O. The summed E-state index contributed by atoms with van der Waals surface area (Å²) in [7, 11) is 0. The number of aryl methyl sites for hydroxylation is 1. The number of nitrogens with two attached hydrogens (primary N) is 1. The third kappa shape index (κ3) is 3.97. The van der Waals surface area contributed by atoms with Gasteiger partial charge < -0.3 is 16.0 Å². The number of benzene rings is 1. The monoisotopic (exact) mass is 275 g/mol. The Hall–Kier alpha value is -1.55. The normalized spacial score (nSPS) is 16.6. The maximum absolute atomic E-state index is 12.1. The smallest absolute Gasteiger partial charge is 0.253 e. The van der Waals surface area contributed by atoms with E-state index in [-0.39, 0.29) is 5.91 Å². The Bertz CT molecular complexity index is 451. The Morgan fingerprint density at radius 3 is 2.65 bits per heavy atom. The fourth-order valence-electron chi connectivity index (χ4n) is 2.66. The van der Waals surface area contributed by atoms with Gasteiger partial charge in [-0.05, 0) is 44.5 Å². The second-order valence-corrected chi connectivity index (χ2v) is 5.55. The molecule has 0 aromatic heterocycles. The van der Waals surface area contributed by atoms with Crippen molar-refractivity contribution in [2.75, 3.05) is 31.9 Å². The van der Waals surface area contributed by atoms with Crippen molar-refractivity contribution in [1.29, 1.82) is 0 Å². The number of anilines is 1. The van der Waals surface area contributed by atoms with Crippen LogP contribution in [0.5, 0.6) is 0 Å². The summed E-state index contributed by atoms with van der Waals surface area (Å²) >= 11 is 0. The van der Waals surface area contributed by atoms with Crippen LogP contribution >= 0.6 is 0 Å². The van der Waals surface area contributed by atoms with E-state index in [4.69, 9.17) is 5.73 Å². The lowest BCUT2D eigenvalue weighted by Gasteiger charge is -2.19. The van der Waals surface area contributed by atoms with E-state index >= 15 is 0 Å². The Balaban J connectivity index is 1.81. The maximum Gasteiger partial charge on any atom is 0.253 e. The number of amides is 1. The van der Waals surface area contributed by atoms with Crippen LogP contribution in [-0.4, -0.2) is 37.0 Å². The van der Waals surface area contributed by atoms with Crippen molar-refractivity contribution in [1.82, 2.24) is 10.2 Å². The zero-order valence-electron chi connectivity index (χ0n) is 12.3. The summed E-state index contributed by atoms with van der Waals surface area (Å²) in [6, 6.07) is 5.57. The van der Waals surface area contributed by atoms with Gasteiger partial charge in [0.2, 0.25) is 0 Å². The van der Waals surface area contributed by atoms with Crippen LogP contribution < -0.4 is 11.1 Å². The number of hydrogen-bond donors (Lipinski definition) is 2. The summed E-state index contributed by atoms with van der Waals surface area (Å²) in [6.45, 7) is 5.85. The number of carbonyl (C=O) groups is 1. The number of carbonyl (C=O) groups excluding carboxylic acids is 1. The van der Waals surface area contributed by atoms with E-state index in [2.05, 4.69) is 10.2 Å². The molecule has 110 valence electrons. The SMILES string of the molecule is Cc1cccc(C(=O)NCCN2CCCCCC2)c1N. The molecule has 1 aliphatic rings. The molecular weight excluding hydrogens is 250 g/mol. The fraction of sp³-hybridized carbons (Fsp3) is 0.562. The van der Waals surface area contributed by atoms with E-state index in [1.807, 2.05) is 19.1 Å². The van der Waals surface area contributed by atoms with Gasteiger partial charge >= 0.3 is 0 Å². The maximum atomic E-state index is 12.1. The molecule has 1 amide bonds. The van der Waals surface area contributed by atoms with Crippen molar-refractivity contribution in [3.63, 3.8) is 0 Å². The van der Waals surface area contributed by atoms with E-state index in [1.165, 1.54) is 25.7 Å². The van der Waals surface area contributed by atoms with Crippen LogP contribution in [0, 0.1) is 6.92 Å². The average Bonchev–Trinajstić information content (AvgIpc) is 2.70. The third-order valence-electron chi connectivity index (χ3n) is 3.98. The first-order valence-electron chi connectivity index (χ1n) is 7.54. The number of rotatable bonds is 4. The predicted molar refractivity (Wildman–Crippen MR) is 82.8 cm³/mol. The lowest BCUT2D eigenvalue weighted by atomic mass is 10.1. The zero-order chi connectivity index (χ0) is 14.4. The highest BCUT2D eigenvalue weighted by atomic mass is 16.1. The van der Waals surface area contributed by atoms with Crippen molar-refractivity contribution in [3.05, 3.63) is 29.3 Å². The van der Waals surface area contributed by atoms with Crippen molar-refractivity contribution < 1.29 is 4.79 Å². The molecule has 1 fully saturated rings. The molecule has 0 radical (unpaired) electrons. The summed E-state index contributed by atoms with van der Waals surface area (Å²) < 4.78 is 0. The van der Waals surface area contributed by atoms with E-state index in [1.54, 1.807) is 6.07 Å². The van der Waals surface area contributed by atoms with Gasteiger partial charge in [0.05, 0.1) is 5.56 Å². The topological polar surface area (TPSA) is 58.4 Å². The van der Waals surface area contributed by atoms with Gasteiger partial charge in [0.15, 0.2) is 0 Å². The Kier molecular flexibility index (Phi) is 5.41. The van der Waals surface area contributed by atoms with Crippen molar-refractivity contribution in [2.45, 2.75) is 32.6 Å². The molecule has 1 aromatic rings. The first kappa shape index (κ1) is 14.9. The molecule has 1 aliphatic heterocycles. The first-order valence-corrected chi connectivity index (χ1v) is 7.54. The highest BCUT2D eigenvalue weighted by Gasteiger charge is 2.12. The molecule has 0 unspecified atom stereocenters. The minimum atomic E-state index is -0.0685. The largest absolute Gasteiger partial charge is 0.398 e. The lowest BCUT2D eigenvalue weighted by Crippen LogP contribution is -2.35. The van der Waals surface area contributed by atoms with E-state index < -0.39 is 0 Å². The molecule has 4 nitrogen and oxygen atoms in total. The van der Waals surface area contributed by atoms with Crippen LogP contribution in [0.25, 0.3) is 0 Å². The van der Waals surface area contributed by atoms with Crippen LogP contribution in [0.2, 0.25) is 0 Å². The first-order chi connectivity index (χ1) is 9.68. The zero-order valence-corrected chi connectivity index (χ0v) is 12.3. The molecule has 0 saturated carbocycles. The molecule has 3 N–H and O–H groups in total. The van der Waals surface area contributed by atoms with E-state index in [0.29, 0.717) is 17.8 Å². The highest BCUT2D eigenvalue weighted by Crippen LogP contribution is 2.16. The van der Waals surface area contributed by atoms with Gasteiger partial charge in [-0.15, -0.1) is 0 Å². The van der Waals surface area contributed by atoms with E-state index in [0.717, 1.165) is 25.2 Å². The van der Waals surface area contributed by atoms with Gasteiger partial charge in [-0.2, -0.15) is 0 Å². The van der Waals surface area contributed by atoms with Crippen molar-refractivity contribution >= 4 is 11.6 Å². The van der Waals surface area contributed by atoms with Gasteiger partial charge in [0, 0.05) is 18.8 Å². The fourth-order valence-corrected chi connectivity index (χ4v) is 2.66. The lowest BCUT2D eigenvalue weighted by molar-refractivity contribution is 0.0949. The minimum Gasteiger partial charge on any atom is -0.398 e. The number of hydrogen-bond acceptors (Lipinski definition) is 3. The molecule has 1 heterocycles.